The van der Waals surface area contributed by atoms with Gasteiger partial charge in [0.15, 0.2) is 5.79 Å². The molecule has 1 aliphatic rings. The van der Waals surface area contributed by atoms with Gasteiger partial charge in [-0.2, -0.15) is 0 Å². The smallest absolute Gasteiger partial charge is 0.181 e. The molecule has 43 heavy (non-hydrogen) atoms. The summed E-state index contributed by atoms with van der Waals surface area (Å²) >= 11 is 0. The highest BCUT2D eigenvalue weighted by atomic mass is 16.7. The molecule has 1 saturated heterocycles. The highest BCUT2D eigenvalue weighted by Crippen LogP contribution is 2.23. The van der Waals surface area contributed by atoms with Crippen LogP contribution < -0.4 is 5.32 Å². The van der Waals surface area contributed by atoms with Crippen molar-refractivity contribution in [3.63, 3.8) is 0 Å². The van der Waals surface area contributed by atoms with E-state index in [1.807, 2.05) is 0 Å². The highest BCUT2D eigenvalue weighted by molar-refractivity contribution is 4.93. The number of hydrogen-bond donors (Lipinski definition) is 1. The van der Waals surface area contributed by atoms with Gasteiger partial charge < -0.3 is 14.8 Å². The maximum atomic E-state index is 6.33. The van der Waals surface area contributed by atoms with Gasteiger partial charge in [-0.05, 0) is 77.0 Å². The second kappa shape index (κ2) is 32.2. The maximum Gasteiger partial charge on any atom is 0.181 e. The summed E-state index contributed by atoms with van der Waals surface area (Å²) in [6.45, 7) is 8.05. The molecule has 1 N–H and O–H groups in total. The molecular weight excluding hydrogens is 526 g/mol. The van der Waals surface area contributed by atoms with E-state index in [9.17, 15) is 0 Å². The van der Waals surface area contributed by atoms with Crippen LogP contribution in [0, 0.1) is 0 Å². The Bertz CT molecular complexity index is 622. The van der Waals surface area contributed by atoms with Crippen molar-refractivity contribution >= 4 is 0 Å². The fraction of sp³-hybridized carbons (Fsp3) is 0.800. The van der Waals surface area contributed by atoms with Gasteiger partial charge in [0, 0.05) is 19.5 Å². The Morgan fingerprint density at radius 1 is 0.465 bits per heavy atom. The average molecular weight is 600 g/mol. The van der Waals surface area contributed by atoms with Crippen LogP contribution in [0.25, 0.3) is 0 Å². The van der Waals surface area contributed by atoms with Crippen molar-refractivity contribution in [3.8, 4) is 0 Å². The van der Waals surface area contributed by atoms with Gasteiger partial charge in [0.2, 0.25) is 0 Å². The summed E-state index contributed by atoms with van der Waals surface area (Å²) in [6, 6.07) is 0. The van der Waals surface area contributed by atoms with Crippen molar-refractivity contribution in [3.05, 3.63) is 48.6 Å². The van der Waals surface area contributed by atoms with Gasteiger partial charge >= 0.3 is 0 Å². The molecule has 0 spiro atoms. The Kier molecular flexibility index (Phi) is 29.9. The number of nitrogens with one attached hydrogen (secondary N) is 1. The maximum absolute atomic E-state index is 6.33. The molecule has 0 saturated carbocycles. The molecule has 1 heterocycles. The predicted molar refractivity (Wildman–Crippen MR) is 191 cm³/mol. The summed E-state index contributed by atoms with van der Waals surface area (Å²) in [6.07, 6.45) is 50.5. The standard InChI is InChI=1S/C40H73NO2/c1-3-5-7-9-11-13-15-17-19-21-23-25-27-29-31-33-37-42-40(35-36-41-39-40)43-38-34-32-30-28-26-24-22-20-18-16-14-12-10-8-6-4-2/h11-14,17-20,41H,3-10,15-16,21-39H2,1-2H3. The molecule has 250 valence electrons. The molecular formula is C40H73NO2. The van der Waals surface area contributed by atoms with E-state index in [0.29, 0.717) is 0 Å². The predicted octanol–water partition coefficient (Wildman–Crippen LogP) is 12.3. The quantitative estimate of drug-likeness (QED) is 0.0474. The summed E-state index contributed by atoms with van der Waals surface area (Å²) in [4.78, 5) is 0. The average Bonchev–Trinajstić information content (AvgIpc) is 3.49. The van der Waals surface area contributed by atoms with Crippen molar-refractivity contribution in [2.75, 3.05) is 26.3 Å². The molecule has 1 rings (SSSR count). The van der Waals surface area contributed by atoms with E-state index in [0.717, 1.165) is 58.4 Å². The second-order valence-electron chi connectivity index (χ2n) is 12.7. The zero-order chi connectivity index (χ0) is 30.8. The molecule has 0 aromatic rings. The van der Waals surface area contributed by atoms with Crippen LogP contribution >= 0.6 is 0 Å². The molecule has 0 aromatic heterocycles. The summed E-state index contributed by atoms with van der Waals surface area (Å²) in [5.41, 5.74) is 0. The van der Waals surface area contributed by atoms with E-state index in [4.69, 9.17) is 9.47 Å². The zero-order valence-corrected chi connectivity index (χ0v) is 28.9. The Labute approximate surface area is 269 Å². The van der Waals surface area contributed by atoms with Crippen molar-refractivity contribution < 1.29 is 9.47 Å². The first-order valence-corrected chi connectivity index (χ1v) is 18.9. The number of hydrogen-bond acceptors (Lipinski definition) is 3. The van der Waals surface area contributed by atoms with E-state index in [1.54, 1.807) is 0 Å². The molecule has 0 unspecified atom stereocenters. The molecule has 0 bridgehead atoms. The van der Waals surface area contributed by atoms with Crippen molar-refractivity contribution in [2.24, 2.45) is 0 Å². The number of unbranched alkanes of at least 4 members (excludes halogenated alkanes) is 18. The van der Waals surface area contributed by atoms with Gasteiger partial charge in [-0.1, -0.05) is 140 Å². The first-order valence-electron chi connectivity index (χ1n) is 18.9. The van der Waals surface area contributed by atoms with E-state index in [-0.39, 0.29) is 5.79 Å². The van der Waals surface area contributed by atoms with Crippen LogP contribution in [0.2, 0.25) is 0 Å². The van der Waals surface area contributed by atoms with Gasteiger partial charge in [0.1, 0.15) is 0 Å². The highest BCUT2D eigenvalue weighted by Gasteiger charge is 2.35. The van der Waals surface area contributed by atoms with Crippen LogP contribution in [0.3, 0.4) is 0 Å². The van der Waals surface area contributed by atoms with E-state index < -0.39 is 0 Å². The molecule has 0 aromatic carbocycles. The molecule has 1 aliphatic heterocycles. The first-order chi connectivity index (χ1) is 21.3. The lowest BCUT2D eigenvalue weighted by Gasteiger charge is -2.29. The van der Waals surface area contributed by atoms with E-state index in [2.05, 4.69) is 67.8 Å². The number of rotatable bonds is 32. The van der Waals surface area contributed by atoms with Crippen LogP contribution in [0.1, 0.15) is 174 Å². The molecule has 0 atom stereocenters. The van der Waals surface area contributed by atoms with Crippen LogP contribution in [-0.4, -0.2) is 32.1 Å². The van der Waals surface area contributed by atoms with Gasteiger partial charge in [0.05, 0.1) is 13.2 Å². The topological polar surface area (TPSA) is 30.5 Å². The number of allylic oxidation sites excluding steroid dienone is 8. The van der Waals surface area contributed by atoms with Gasteiger partial charge in [-0.25, -0.2) is 0 Å². The van der Waals surface area contributed by atoms with Crippen LogP contribution in [0.15, 0.2) is 48.6 Å². The third kappa shape index (κ3) is 26.9. The third-order valence-electron chi connectivity index (χ3n) is 8.50. The van der Waals surface area contributed by atoms with E-state index in [1.165, 1.54) is 128 Å². The lowest BCUT2D eigenvalue weighted by atomic mass is 10.1. The summed E-state index contributed by atoms with van der Waals surface area (Å²) in [5.74, 6) is -0.367. The van der Waals surface area contributed by atoms with Gasteiger partial charge in [-0.3, -0.25) is 0 Å². The zero-order valence-electron chi connectivity index (χ0n) is 28.9. The first kappa shape index (κ1) is 39.9. The number of ether oxygens (including phenoxy) is 2. The fourth-order valence-corrected chi connectivity index (χ4v) is 5.63. The molecule has 1 fully saturated rings. The summed E-state index contributed by atoms with van der Waals surface area (Å²) in [5, 5.41) is 3.46. The Balaban J connectivity index is 1.91. The molecule has 3 nitrogen and oxygen atoms in total. The normalized spacial score (nSPS) is 17.6. The summed E-state index contributed by atoms with van der Waals surface area (Å²) < 4.78 is 12.7. The molecule has 0 aliphatic carbocycles. The molecule has 0 radical (unpaired) electrons. The minimum atomic E-state index is -0.367. The third-order valence-corrected chi connectivity index (χ3v) is 8.50. The van der Waals surface area contributed by atoms with Crippen molar-refractivity contribution in [1.82, 2.24) is 5.32 Å². The summed E-state index contributed by atoms with van der Waals surface area (Å²) in [7, 11) is 0. The van der Waals surface area contributed by atoms with Crippen LogP contribution in [0.5, 0.6) is 0 Å². The van der Waals surface area contributed by atoms with Crippen LogP contribution in [0.4, 0.5) is 0 Å². The monoisotopic (exact) mass is 600 g/mol. The molecule has 0 amide bonds. The Morgan fingerprint density at radius 2 is 0.837 bits per heavy atom. The Hall–Kier alpha value is -1.16. The van der Waals surface area contributed by atoms with Gasteiger partial charge in [0.25, 0.3) is 0 Å². The lowest BCUT2D eigenvalue weighted by molar-refractivity contribution is -0.224. The fourth-order valence-electron chi connectivity index (χ4n) is 5.63. The molecule has 3 heteroatoms. The lowest BCUT2D eigenvalue weighted by Crippen LogP contribution is -2.39. The minimum Gasteiger partial charge on any atom is -0.349 e. The second-order valence-corrected chi connectivity index (χ2v) is 12.7. The SMILES string of the molecule is CCCCCC=CCC=CCCCCCCCCOC1(OCCCCCCCCC=CCC=CCCCCC)CCNC1. The van der Waals surface area contributed by atoms with Crippen molar-refractivity contribution in [2.45, 2.75) is 180 Å². The van der Waals surface area contributed by atoms with E-state index >= 15 is 0 Å². The van der Waals surface area contributed by atoms with Crippen molar-refractivity contribution in [1.29, 1.82) is 0 Å². The van der Waals surface area contributed by atoms with Gasteiger partial charge in [-0.15, -0.1) is 0 Å². The van der Waals surface area contributed by atoms with Crippen LogP contribution in [-0.2, 0) is 9.47 Å². The minimum absolute atomic E-state index is 0.367. The largest absolute Gasteiger partial charge is 0.349 e. The Morgan fingerprint density at radius 3 is 1.21 bits per heavy atom.